The van der Waals surface area contributed by atoms with Crippen LogP contribution in [0.3, 0.4) is 0 Å². The fourth-order valence-corrected chi connectivity index (χ4v) is 15.5. The maximum atomic E-state index is 13.1. The van der Waals surface area contributed by atoms with Gasteiger partial charge >= 0.3 is 33.6 Å². The molecule has 0 aliphatic heterocycles. The van der Waals surface area contributed by atoms with Crippen LogP contribution < -0.4 is 0 Å². The average molecular weight is 1760 g/mol. The maximum absolute atomic E-state index is 13.1. The first-order valence-corrected chi connectivity index (χ1v) is 53.1. The molecular formula is C105H184O16P2. The van der Waals surface area contributed by atoms with E-state index in [9.17, 15) is 43.5 Å². The molecule has 0 radical (unpaired) electrons. The first-order valence-electron chi connectivity index (χ1n) is 50.1. The molecule has 4 N–H and O–H groups in total. The maximum Gasteiger partial charge on any atom is 0.472 e. The Morgan fingerprint density at radius 1 is 0.228 bits per heavy atom. The number of ether oxygens (including phenoxy) is 3. The van der Waals surface area contributed by atoms with Crippen molar-refractivity contribution in [1.29, 1.82) is 0 Å². The van der Waals surface area contributed by atoms with E-state index in [1.807, 2.05) is 0 Å². The Labute approximate surface area is 753 Å². The summed E-state index contributed by atoms with van der Waals surface area (Å²) in [6, 6.07) is 0. The molecule has 5 unspecified atom stereocenters. The molecule has 0 bridgehead atoms. The van der Waals surface area contributed by atoms with Crippen molar-refractivity contribution in [3.8, 4) is 0 Å². The fraction of sp³-hybridized carbons (Fsp3) is 0.743. The summed E-state index contributed by atoms with van der Waals surface area (Å²) in [6.45, 7) is 2.67. The summed E-state index contributed by atoms with van der Waals surface area (Å²) in [5.41, 5.74) is 0. The van der Waals surface area contributed by atoms with E-state index < -0.39 is 91.5 Å². The van der Waals surface area contributed by atoms with E-state index in [0.29, 0.717) is 19.3 Å². The van der Waals surface area contributed by atoms with E-state index in [4.69, 9.17) is 32.3 Å². The van der Waals surface area contributed by atoms with Crippen LogP contribution in [0.2, 0.25) is 0 Å². The Kier molecular flexibility index (Phi) is 92.9. The van der Waals surface area contributed by atoms with Crippen LogP contribution in [0.4, 0.5) is 0 Å². The number of rotatable bonds is 95. The zero-order chi connectivity index (χ0) is 89.3. The monoisotopic (exact) mass is 1760 g/mol. The number of aliphatic hydroxyl groups is 2. The molecule has 0 rings (SSSR count). The van der Waals surface area contributed by atoms with Crippen LogP contribution in [0.5, 0.6) is 0 Å². The normalized spacial score (nSPS) is 14.3. The number of carbonyl (C=O) groups is 3. The molecule has 16 nitrogen and oxygen atoms in total. The Morgan fingerprint density at radius 2 is 0.407 bits per heavy atom. The molecule has 0 aromatic rings. The number of hydrogen-bond acceptors (Lipinski definition) is 14. The van der Waals surface area contributed by atoms with Gasteiger partial charge < -0.3 is 34.2 Å². The number of hydrogen-bond donors (Lipinski definition) is 4. The van der Waals surface area contributed by atoms with E-state index >= 15 is 0 Å². The van der Waals surface area contributed by atoms with Crippen molar-refractivity contribution in [2.75, 3.05) is 39.6 Å². The first kappa shape index (κ1) is 118. The molecule has 0 spiro atoms. The molecule has 0 amide bonds. The molecule has 0 fully saturated rings. The lowest BCUT2D eigenvalue weighted by molar-refractivity contribution is -0.161. The molecular weight excluding hydrogens is 1580 g/mol. The molecule has 18 heteroatoms. The summed E-state index contributed by atoms with van der Waals surface area (Å²) in [5.74, 6) is -1.57. The lowest BCUT2D eigenvalue weighted by atomic mass is 10.0. The third kappa shape index (κ3) is 97.9. The van der Waals surface area contributed by atoms with Crippen LogP contribution in [0.25, 0.3) is 0 Å². The molecule has 0 heterocycles. The van der Waals surface area contributed by atoms with Crippen LogP contribution in [0, 0.1) is 0 Å². The molecule has 0 saturated heterocycles. The number of phosphoric acid groups is 2. The van der Waals surface area contributed by atoms with Crippen LogP contribution in [0.15, 0.2) is 146 Å². The van der Waals surface area contributed by atoms with Gasteiger partial charge in [0.25, 0.3) is 0 Å². The van der Waals surface area contributed by atoms with Gasteiger partial charge in [0, 0.05) is 19.3 Å². The third-order valence-corrected chi connectivity index (χ3v) is 23.4. The summed E-state index contributed by atoms with van der Waals surface area (Å²) in [4.78, 5) is 59.1. The second kappa shape index (κ2) is 96.5. The molecule has 0 aromatic carbocycles. The second-order valence-corrected chi connectivity index (χ2v) is 36.5. The molecule has 0 aromatic heterocycles. The van der Waals surface area contributed by atoms with Crippen molar-refractivity contribution in [1.82, 2.24) is 0 Å². The van der Waals surface area contributed by atoms with E-state index in [-0.39, 0.29) is 19.3 Å². The van der Waals surface area contributed by atoms with E-state index in [2.05, 4.69) is 167 Å². The van der Waals surface area contributed by atoms with Crippen molar-refractivity contribution in [2.45, 2.75) is 463 Å². The predicted octanol–water partition coefficient (Wildman–Crippen LogP) is 31.5. The molecule has 710 valence electrons. The summed E-state index contributed by atoms with van der Waals surface area (Å²) < 4.78 is 61.6. The van der Waals surface area contributed by atoms with Gasteiger partial charge in [0.1, 0.15) is 25.4 Å². The minimum atomic E-state index is -4.95. The highest BCUT2D eigenvalue weighted by atomic mass is 31.2. The van der Waals surface area contributed by atoms with Gasteiger partial charge in [0.05, 0.1) is 26.4 Å². The Bertz CT molecular complexity index is 2820. The van der Waals surface area contributed by atoms with Crippen molar-refractivity contribution < 1.29 is 75.8 Å². The fourth-order valence-electron chi connectivity index (χ4n) is 13.9. The summed E-state index contributed by atoms with van der Waals surface area (Å²) in [6.07, 6.45) is 123. The van der Waals surface area contributed by atoms with E-state index in [1.165, 1.54) is 244 Å². The summed E-state index contributed by atoms with van der Waals surface area (Å²) in [5, 5.41) is 20.8. The van der Waals surface area contributed by atoms with E-state index in [1.54, 1.807) is 0 Å². The number of unbranched alkanes of at least 4 members (excludes halogenated alkanes) is 48. The zero-order valence-corrected chi connectivity index (χ0v) is 80.4. The Hall–Kier alpha value is -4.57. The highest BCUT2D eigenvalue weighted by molar-refractivity contribution is 7.47. The lowest BCUT2D eigenvalue weighted by Gasteiger charge is -2.21. The topological polar surface area (TPSA) is 231 Å². The van der Waals surface area contributed by atoms with Crippen molar-refractivity contribution >= 4 is 33.6 Å². The SMILES string of the molecule is CCCCC/C=C\C/C=C\C/C=C\C/C=C\CCCCCCCCCCCCCCCCCCCCCC(=O)OCC(O)COP(=O)(O)OCC(O)COP(=O)(O)OCC(COC(=O)CCCCCCCCCCCCC/C=C\C/C=C\C/C=C\C/C=C\CCCCC)OC(=O)CCCCCCCCCCC/C=C\C/C=C\C/C=C\C/C=C\CCCCC. The van der Waals surface area contributed by atoms with Gasteiger partial charge in [-0.15, -0.1) is 0 Å². The molecule has 0 saturated carbocycles. The standard InChI is InChI=1S/C105H184O16P2/c1-4-7-10-13-16-19-22-25-28-31-34-37-40-43-45-46-47-48-49-50-51-52-54-57-58-61-64-67-70-73-76-79-82-85-88-91-103(108)115-94-100(106)95-117-122(111,112)118-96-101(107)97-119-123(113,114)120-99-102(121-105(110)93-90-87-84-81-78-75-72-69-66-63-60-55-42-39-36-33-30-27-24-21-18-15-12-9-6-3)98-116-104(109)92-89-86-83-80-77-74-71-68-65-62-59-56-53-44-41-38-35-32-29-26-23-20-17-14-11-8-5-2/h16-21,25-30,34-39,43-45,53,55,60,100-102,106-107H,4-15,22-24,31-33,40-42,46-52,54,56-59,61-99H2,1-3H3,(H,111,112)(H,113,114)/b19-16-,20-17-,21-18-,28-25-,29-26-,30-27-,37-34-,38-35-,39-36-,45-43-,53-44-,60-55-. The first-order chi connectivity index (χ1) is 60.2. The van der Waals surface area contributed by atoms with Gasteiger partial charge in [-0.1, -0.05) is 417 Å². The van der Waals surface area contributed by atoms with Crippen LogP contribution in [-0.2, 0) is 55.8 Å². The molecule has 0 aliphatic carbocycles. The van der Waals surface area contributed by atoms with Gasteiger partial charge in [0.15, 0.2) is 6.10 Å². The molecule has 5 atom stereocenters. The van der Waals surface area contributed by atoms with Crippen LogP contribution in [-0.4, -0.2) is 95.9 Å². The number of aliphatic hydroxyl groups excluding tert-OH is 2. The van der Waals surface area contributed by atoms with Gasteiger partial charge in [0.2, 0.25) is 0 Å². The zero-order valence-electron chi connectivity index (χ0n) is 78.6. The smallest absolute Gasteiger partial charge is 0.463 e. The number of esters is 3. The van der Waals surface area contributed by atoms with Gasteiger partial charge in [-0.2, -0.15) is 0 Å². The Morgan fingerprint density at radius 3 is 0.642 bits per heavy atom. The van der Waals surface area contributed by atoms with Crippen LogP contribution >= 0.6 is 15.6 Å². The lowest BCUT2D eigenvalue weighted by Crippen LogP contribution is -2.30. The number of phosphoric ester groups is 2. The minimum Gasteiger partial charge on any atom is -0.463 e. The van der Waals surface area contributed by atoms with Gasteiger partial charge in [-0.3, -0.25) is 32.5 Å². The highest BCUT2D eigenvalue weighted by Crippen LogP contribution is 2.45. The second-order valence-electron chi connectivity index (χ2n) is 33.6. The third-order valence-electron chi connectivity index (χ3n) is 21.5. The quantitative estimate of drug-likeness (QED) is 0.0146. The van der Waals surface area contributed by atoms with Crippen molar-refractivity contribution in [3.05, 3.63) is 146 Å². The summed E-state index contributed by atoms with van der Waals surface area (Å²) in [7, 11) is -9.82. The average Bonchev–Trinajstić information content (AvgIpc) is 0.898. The summed E-state index contributed by atoms with van der Waals surface area (Å²) >= 11 is 0. The van der Waals surface area contributed by atoms with Gasteiger partial charge in [-0.25, -0.2) is 9.13 Å². The molecule has 0 aliphatic rings. The molecule has 123 heavy (non-hydrogen) atoms. The van der Waals surface area contributed by atoms with E-state index in [0.717, 1.165) is 141 Å². The minimum absolute atomic E-state index is 0.0947. The van der Waals surface area contributed by atoms with Gasteiger partial charge in [-0.05, 0) is 154 Å². The highest BCUT2D eigenvalue weighted by Gasteiger charge is 2.30. The number of carbonyl (C=O) groups excluding carboxylic acids is 3. The van der Waals surface area contributed by atoms with Crippen molar-refractivity contribution in [2.24, 2.45) is 0 Å². The van der Waals surface area contributed by atoms with Crippen LogP contribution in [0.1, 0.15) is 445 Å². The Balaban J connectivity index is 4.56. The predicted molar refractivity (Wildman–Crippen MR) is 519 cm³/mol. The van der Waals surface area contributed by atoms with Crippen molar-refractivity contribution in [3.63, 3.8) is 0 Å². The number of allylic oxidation sites excluding steroid dienone is 24. The largest absolute Gasteiger partial charge is 0.472 e.